The first-order chi connectivity index (χ1) is 8.60. The van der Waals surface area contributed by atoms with Crippen molar-refractivity contribution in [3.63, 3.8) is 0 Å². The number of hydrogen-bond donors (Lipinski definition) is 2. The molecule has 0 bridgehead atoms. The number of rotatable bonds is 2. The van der Waals surface area contributed by atoms with Gasteiger partial charge in [0.05, 0.1) is 11.4 Å². The lowest BCUT2D eigenvalue weighted by Crippen LogP contribution is -2.29. The minimum absolute atomic E-state index is 0.263. The number of aromatic amines is 1. The number of H-pyrrole nitrogens is 1. The molecule has 3 N–H and O–H groups in total. The highest BCUT2D eigenvalue weighted by molar-refractivity contribution is 7.92. The van der Waals surface area contributed by atoms with Crippen LogP contribution in [0.3, 0.4) is 0 Å². The molecule has 1 aromatic heterocycles. The van der Waals surface area contributed by atoms with E-state index in [1.54, 1.807) is 18.3 Å². The second kappa shape index (κ2) is 3.78. The van der Waals surface area contributed by atoms with Gasteiger partial charge in [-0.15, -0.1) is 0 Å². The largest absolute Gasteiger partial charge is 0.397 e. The summed E-state index contributed by atoms with van der Waals surface area (Å²) in [4.78, 5) is 3.02. The van der Waals surface area contributed by atoms with Crippen LogP contribution in [0.1, 0.15) is 5.56 Å². The van der Waals surface area contributed by atoms with Crippen LogP contribution in [0.2, 0.25) is 0 Å². The number of hydrogen-bond acceptors (Lipinski definition) is 3. The minimum atomic E-state index is -3.51. The molecule has 0 amide bonds. The van der Waals surface area contributed by atoms with Crippen molar-refractivity contribution < 1.29 is 8.42 Å². The average Bonchev–Trinajstić information content (AvgIpc) is 2.99. The molecular formula is C12H13N3O2S. The summed E-state index contributed by atoms with van der Waals surface area (Å²) in [5.41, 5.74) is 8.01. The Balaban J connectivity index is 2.13. The highest BCUT2D eigenvalue weighted by atomic mass is 32.2. The molecular weight excluding hydrogens is 250 g/mol. The van der Waals surface area contributed by atoms with E-state index in [4.69, 9.17) is 5.73 Å². The standard InChI is InChI=1S/C12H13N3O2S/c13-11-3-1-2-9-5-7-15(12(9)11)18(16,17)10-4-6-14-8-10/h1-4,6,8,14H,5,7,13H2. The number of nitrogens with zero attached hydrogens (tertiary/aromatic N) is 1. The number of sulfonamides is 1. The van der Waals surface area contributed by atoms with Crippen molar-refractivity contribution >= 4 is 21.4 Å². The molecule has 1 aromatic carbocycles. The predicted molar refractivity (Wildman–Crippen MR) is 69.9 cm³/mol. The average molecular weight is 263 g/mol. The fraction of sp³-hybridized carbons (Fsp3) is 0.167. The van der Waals surface area contributed by atoms with Gasteiger partial charge in [0.25, 0.3) is 10.0 Å². The zero-order valence-electron chi connectivity index (χ0n) is 9.63. The highest BCUT2D eigenvalue weighted by Gasteiger charge is 2.32. The van der Waals surface area contributed by atoms with E-state index < -0.39 is 10.0 Å². The van der Waals surface area contributed by atoms with Gasteiger partial charge in [-0.05, 0) is 24.1 Å². The van der Waals surface area contributed by atoms with Crippen LogP contribution in [0.25, 0.3) is 0 Å². The number of benzene rings is 1. The van der Waals surface area contributed by atoms with Gasteiger partial charge in [0, 0.05) is 18.9 Å². The van der Waals surface area contributed by atoms with Gasteiger partial charge in [-0.3, -0.25) is 4.31 Å². The van der Waals surface area contributed by atoms with Crippen LogP contribution in [0.5, 0.6) is 0 Å². The highest BCUT2D eigenvalue weighted by Crippen LogP contribution is 2.37. The quantitative estimate of drug-likeness (QED) is 0.803. The molecule has 0 atom stereocenters. The van der Waals surface area contributed by atoms with Gasteiger partial charge in [-0.25, -0.2) is 8.42 Å². The lowest BCUT2D eigenvalue weighted by atomic mass is 10.1. The SMILES string of the molecule is Nc1cccc2c1N(S(=O)(=O)c1cc[nH]c1)CC2. The zero-order valence-corrected chi connectivity index (χ0v) is 10.4. The molecule has 0 spiro atoms. The smallest absolute Gasteiger partial charge is 0.265 e. The van der Waals surface area contributed by atoms with Crippen LogP contribution >= 0.6 is 0 Å². The molecule has 94 valence electrons. The topological polar surface area (TPSA) is 79.2 Å². The minimum Gasteiger partial charge on any atom is -0.397 e. The Hall–Kier alpha value is -1.95. The molecule has 0 saturated carbocycles. The second-order valence-corrected chi connectivity index (χ2v) is 6.09. The van der Waals surface area contributed by atoms with E-state index in [1.165, 1.54) is 10.5 Å². The Morgan fingerprint density at radius 3 is 2.83 bits per heavy atom. The van der Waals surface area contributed by atoms with Crippen molar-refractivity contribution in [2.45, 2.75) is 11.3 Å². The maximum Gasteiger partial charge on any atom is 0.265 e. The Morgan fingerprint density at radius 1 is 1.28 bits per heavy atom. The van der Waals surface area contributed by atoms with Gasteiger partial charge in [-0.1, -0.05) is 12.1 Å². The van der Waals surface area contributed by atoms with Crippen LogP contribution in [0.15, 0.2) is 41.6 Å². The van der Waals surface area contributed by atoms with Crippen molar-refractivity contribution in [2.75, 3.05) is 16.6 Å². The lowest BCUT2D eigenvalue weighted by molar-refractivity contribution is 0.592. The lowest BCUT2D eigenvalue weighted by Gasteiger charge is -2.20. The maximum absolute atomic E-state index is 12.5. The van der Waals surface area contributed by atoms with E-state index >= 15 is 0 Å². The number of fused-ring (bicyclic) bond motifs is 1. The van der Waals surface area contributed by atoms with Gasteiger partial charge in [0.1, 0.15) is 4.90 Å². The molecule has 0 unspecified atom stereocenters. The summed E-state index contributed by atoms with van der Waals surface area (Å²) in [5.74, 6) is 0. The van der Waals surface area contributed by atoms with Gasteiger partial charge in [0.15, 0.2) is 0 Å². The fourth-order valence-electron chi connectivity index (χ4n) is 2.29. The summed E-state index contributed by atoms with van der Waals surface area (Å²) in [7, 11) is -3.51. The summed E-state index contributed by atoms with van der Waals surface area (Å²) in [5, 5.41) is 0. The molecule has 5 nitrogen and oxygen atoms in total. The third-order valence-corrected chi connectivity index (χ3v) is 4.94. The molecule has 18 heavy (non-hydrogen) atoms. The van der Waals surface area contributed by atoms with Crippen LogP contribution in [0.4, 0.5) is 11.4 Å². The van der Waals surface area contributed by atoms with Crippen LogP contribution < -0.4 is 10.0 Å². The number of nitrogens with one attached hydrogen (secondary N) is 1. The number of nitrogens with two attached hydrogens (primary N) is 1. The van der Waals surface area contributed by atoms with E-state index in [0.29, 0.717) is 24.3 Å². The molecule has 0 fully saturated rings. The molecule has 3 rings (SSSR count). The summed E-state index contributed by atoms with van der Waals surface area (Å²) in [6, 6.07) is 7.04. The van der Waals surface area contributed by atoms with E-state index in [-0.39, 0.29) is 4.90 Å². The molecule has 0 saturated heterocycles. The third kappa shape index (κ3) is 1.49. The maximum atomic E-state index is 12.5. The van der Waals surface area contributed by atoms with Crippen molar-refractivity contribution in [1.82, 2.24) is 4.98 Å². The Labute approximate surface area is 105 Å². The third-order valence-electron chi connectivity index (χ3n) is 3.14. The molecule has 0 radical (unpaired) electrons. The number of aromatic nitrogens is 1. The summed E-state index contributed by atoms with van der Waals surface area (Å²) >= 11 is 0. The molecule has 2 heterocycles. The first-order valence-electron chi connectivity index (χ1n) is 5.63. The second-order valence-electron chi connectivity index (χ2n) is 4.23. The van der Waals surface area contributed by atoms with Crippen LogP contribution in [-0.4, -0.2) is 19.9 Å². The Kier molecular flexibility index (Phi) is 2.34. The van der Waals surface area contributed by atoms with Gasteiger partial charge in [0.2, 0.25) is 0 Å². The van der Waals surface area contributed by atoms with Gasteiger partial charge in [-0.2, -0.15) is 0 Å². The van der Waals surface area contributed by atoms with Gasteiger partial charge < -0.3 is 10.7 Å². The normalized spacial score (nSPS) is 14.8. The summed E-state index contributed by atoms with van der Waals surface area (Å²) in [6.07, 6.45) is 3.77. The van der Waals surface area contributed by atoms with Crippen molar-refractivity contribution in [3.8, 4) is 0 Å². The van der Waals surface area contributed by atoms with E-state index in [2.05, 4.69) is 4.98 Å². The van der Waals surface area contributed by atoms with E-state index in [9.17, 15) is 8.42 Å². The molecule has 2 aromatic rings. The monoisotopic (exact) mass is 263 g/mol. The van der Waals surface area contributed by atoms with Gasteiger partial charge >= 0.3 is 0 Å². The predicted octanol–water partition coefficient (Wildman–Crippen LogP) is 1.35. The fourth-order valence-corrected chi connectivity index (χ4v) is 3.79. The number of nitrogen functional groups attached to an aromatic ring is 1. The Bertz CT molecular complexity index is 677. The van der Waals surface area contributed by atoms with Crippen molar-refractivity contribution in [2.24, 2.45) is 0 Å². The van der Waals surface area contributed by atoms with E-state index in [0.717, 1.165) is 5.56 Å². The molecule has 0 aliphatic carbocycles. The summed E-state index contributed by atoms with van der Waals surface area (Å²) < 4.78 is 26.3. The van der Waals surface area contributed by atoms with Crippen LogP contribution in [0, 0.1) is 0 Å². The van der Waals surface area contributed by atoms with Crippen LogP contribution in [-0.2, 0) is 16.4 Å². The number of para-hydroxylation sites is 1. The molecule has 6 heteroatoms. The first-order valence-corrected chi connectivity index (χ1v) is 7.07. The Morgan fingerprint density at radius 2 is 2.11 bits per heavy atom. The van der Waals surface area contributed by atoms with Crippen molar-refractivity contribution in [1.29, 1.82) is 0 Å². The van der Waals surface area contributed by atoms with Crippen molar-refractivity contribution in [3.05, 3.63) is 42.2 Å². The van der Waals surface area contributed by atoms with E-state index in [1.807, 2.05) is 12.1 Å². The molecule has 1 aliphatic heterocycles. The zero-order chi connectivity index (χ0) is 12.8. The first kappa shape index (κ1) is 11.2. The molecule has 1 aliphatic rings. The number of anilines is 2. The summed E-state index contributed by atoms with van der Waals surface area (Å²) in [6.45, 7) is 0.442.